The molecule has 0 heterocycles. The smallest absolute Gasteiger partial charge is 0.0582 e. The van der Waals surface area contributed by atoms with Gasteiger partial charge in [-0.2, -0.15) is 0 Å². The first-order valence-corrected chi connectivity index (χ1v) is 5.32. The second kappa shape index (κ2) is 4.66. The molecule has 0 aromatic heterocycles. The third kappa shape index (κ3) is 2.73. The van der Waals surface area contributed by atoms with Crippen molar-refractivity contribution in [3.05, 3.63) is 35.4 Å². The van der Waals surface area contributed by atoms with E-state index >= 15 is 0 Å². The van der Waals surface area contributed by atoms with Crippen LogP contribution in [-0.2, 0) is 0 Å². The number of hydrogen-bond donors (Lipinski definition) is 0. The molecule has 0 saturated carbocycles. The van der Waals surface area contributed by atoms with Crippen LogP contribution in [0.4, 0.5) is 0 Å². The Labute approximate surface area is 85.9 Å². The summed E-state index contributed by atoms with van der Waals surface area (Å²) in [7, 11) is 0. The zero-order valence-corrected chi connectivity index (χ0v) is 9.31. The fourth-order valence-electron chi connectivity index (χ4n) is 1.33. The van der Waals surface area contributed by atoms with Crippen LogP contribution >= 0.6 is 11.6 Å². The first kappa shape index (κ1) is 10.6. The highest BCUT2D eigenvalue weighted by Gasteiger charge is 2.05. The van der Waals surface area contributed by atoms with E-state index in [0.717, 1.165) is 6.42 Å². The summed E-state index contributed by atoms with van der Waals surface area (Å²) in [6.07, 6.45) is 0.989. The summed E-state index contributed by atoms with van der Waals surface area (Å²) in [6.45, 7) is 6.51. The standard InChI is InChI=1S/C12H17Cl/c1-4-12(13)11-7-5-10(6-8-11)9(2)3/h5-9,12H,4H2,1-3H3. The molecule has 1 unspecified atom stereocenters. The van der Waals surface area contributed by atoms with Gasteiger partial charge in [-0.1, -0.05) is 45.0 Å². The lowest BCUT2D eigenvalue weighted by atomic mass is 10.0. The molecule has 0 aliphatic rings. The van der Waals surface area contributed by atoms with Gasteiger partial charge in [-0.05, 0) is 23.5 Å². The molecule has 1 rings (SSSR count). The second-order valence-corrected chi connectivity index (χ2v) is 4.22. The number of alkyl halides is 1. The molecule has 0 aliphatic carbocycles. The quantitative estimate of drug-likeness (QED) is 0.625. The van der Waals surface area contributed by atoms with Gasteiger partial charge in [-0.3, -0.25) is 0 Å². The molecule has 0 amide bonds. The average molecular weight is 197 g/mol. The molecule has 0 nitrogen and oxygen atoms in total. The highest BCUT2D eigenvalue weighted by atomic mass is 35.5. The van der Waals surface area contributed by atoms with Gasteiger partial charge in [-0.25, -0.2) is 0 Å². The summed E-state index contributed by atoms with van der Waals surface area (Å²) < 4.78 is 0. The van der Waals surface area contributed by atoms with Crippen LogP contribution in [0.15, 0.2) is 24.3 Å². The maximum absolute atomic E-state index is 6.12. The van der Waals surface area contributed by atoms with E-state index in [-0.39, 0.29) is 5.38 Å². The van der Waals surface area contributed by atoms with Gasteiger partial charge in [0, 0.05) is 0 Å². The van der Waals surface area contributed by atoms with E-state index in [2.05, 4.69) is 45.0 Å². The molecule has 0 N–H and O–H groups in total. The van der Waals surface area contributed by atoms with Gasteiger partial charge in [0.05, 0.1) is 5.38 Å². The molecule has 1 aromatic carbocycles. The van der Waals surface area contributed by atoms with Gasteiger partial charge in [-0.15, -0.1) is 11.6 Å². The Morgan fingerprint density at radius 2 is 1.54 bits per heavy atom. The predicted molar refractivity (Wildman–Crippen MR) is 59.4 cm³/mol. The third-order valence-corrected chi connectivity index (χ3v) is 2.88. The van der Waals surface area contributed by atoms with Crippen LogP contribution in [0.3, 0.4) is 0 Å². The van der Waals surface area contributed by atoms with Gasteiger partial charge >= 0.3 is 0 Å². The van der Waals surface area contributed by atoms with E-state index in [0.29, 0.717) is 5.92 Å². The molecular formula is C12H17Cl. The number of halogens is 1. The topological polar surface area (TPSA) is 0 Å². The maximum Gasteiger partial charge on any atom is 0.0582 e. The van der Waals surface area contributed by atoms with Crippen LogP contribution < -0.4 is 0 Å². The van der Waals surface area contributed by atoms with E-state index in [9.17, 15) is 0 Å². The monoisotopic (exact) mass is 196 g/mol. The van der Waals surface area contributed by atoms with Gasteiger partial charge in [0.1, 0.15) is 0 Å². The van der Waals surface area contributed by atoms with Crippen molar-refractivity contribution in [2.75, 3.05) is 0 Å². The van der Waals surface area contributed by atoms with Gasteiger partial charge in [0.15, 0.2) is 0 Å². The van der Waals surface area contributed by atoms with Crippen molar-refractivity contribution in [3.8, 4) is 0 Å². The van der Waals surface area contributed by atoms with Crippen molar-refractivity contribution in [1.29, 1.82) is 0 Å². The molecule has 0 radical (unpaired) electrons. The zero-order chi connectivity index (χ0) is 9.84. The molecule has 0 saturated heterocycles. The van der Waals surface area contributed by atoms with E-state index in [1.54, 1.807) is 0 Å². The Balaban J connectivity index is 2.81. The molecule has 13 heavy (non-hydrogen) atoms. The summed E-state index contributed by atoms with van der Waals surface area (Å²) in [6, 6.07) is 8.61. The van der Waals surface area contributed by atoms with Crippen LogP contribution in [-0.4, -0.2) is 0 Å². The fourth-order valence-corrected chi connectivity index (χ4v) is 1.47. The zero-order valence-electron chi connectivity index (χ0n) is 8.55. The molecule has 1 heteroatoms. The minimum absolute atomic E-state index is 0.168. The number of rotatable bonds is 3. The minimum atomic E-state index is 0.168. The van der Waals surface area contributed by atoms with Crippen LogP contribution in [0.1, 0.15) is 49.6 Å². The summed E-state index contributed by atoms with van der Waals surface area (Å²) in [5.41, 5.74) is 2.61. The molecule has 1 atom stereocenters. The van der Waals surface area contributed by atoms with Crippen molar-refractivity contribution >= 4 is 11.6 Å². The van der Waals surface area contributed by atoms with Crippen LogP contribution in [0.2, 0.25) is 0 Å². The Hall–Kier alpha value is -0.490. The minimum Gasteiger partial charge on any atom is -0.118 e. The molecule has 72 valence electrons. The first-order valence-electron chi connectivity index (χ1n) is 4.89. The highest BCUT2D eigenvalue weighted by molar-refractivity contribution is 6.20. The SMILES string of the molecule is CCC(Cl)c1ccc(C(C)C)cc1. The second-order valence-electron chi connectivity index (χ2n) is 3.70. The van der Waals surface area contributed by atoms with Crippen LogP contribution in [0.25, 0.3) is 0 Å². The van der Waals surface area contributed by atoms with Crippen LogP contribution in [0.5, 0.6) is 0 Å². The molecule has 1 aromatic rings. The average Bonchev–Trinajstić information content (AvgIpc) is 2.17. The fraction of sp³-hybridized carbons (Fsp3) is 0.500. The van der Waals surface area contributed by atoms with E-state index in [1.807, 2.05) is 0 Å². The Morgan fingerprint density at radius 1 is 1.08 bits per heavy atom. The largest absolute Gasteiger partial charge is 0.118 e. The van der Waals surface area contributed by atoms with Crippen molar-refractivity contribution in [2.45, 2.75) is 38.5 Å². The van der Waals surface area contributed by atoms with Crippen molar-refractivity contribution in [1.82, 2.24) is 0 Å². The molecular weight excluding hydrogens is 180 g/mol. The number of benzene rings is 1. The molecule has 0 aliphatic heterocycles. The Kier molecular flexibility index (Phi) is 3.80. The van der Waals surface area contributed by atoms with Gasteiger partial charge < -0.3 is 0 Å². The number of hydrogen-bond acceptors (Lipinski definition) is 0. The third-order valence-electron chi connectivity index (χ3n) is 2.32. The Bertz CT molecular complexity index is 248. The van der Waals surface area contributed by atoms with Crippen molar-refractivity contribution in [3.63, 3.8) is 0 Å². The van der Waals surface area contributed by atoms with E-state index in [4.69, 9.17) is 11.6 Å². The lowest BCUT2D eigenvalue weighted by Gasteiger charge is -2.09. The van der Waals surface area contributed by atoms with Gasteiger partial charge in [0.25, 0.3) is 0 Å². The predicted octanol–water partition coefficient (Wildman–Crippen LogP) is 4.50. The summed E-state index contributed by atoms with van der Waals surface area (Å²) in [5, 5.41) is 0.168. The molecule has 0 fully saturated rings. The summed E-state index contributed by atoms with van der Waals surface area (Å²) >= 11 is 6.12. The normalized spacial score (nSPS) is 13.3. The van der Waals surface area contributed by atoms with Crippen molar-refractivity contribution < 1.29 is 0 Å². The lowest BCUT2D eigenvalue weighted by Crippen LogP contribution is -1.91. The van der Waals surface area contributed by atoms with E-state index in [1.165, 1.54) is 11.1 Å². The first-order chi connectivity index (χ1) is 6.15. The highest BCUT2D eigenvalue weighted by Crippen LogP contribution is 2.25. The lowest BCUT2D eigenvalue weighted by molar-refractivity contribution is 0.854. The van der Waals surface area contributed by atoms with Crippen molar-refractivity contribution in [2.24, 2.45) is 0 Å². The summed E-state index contributed by atoms with van der Waals surface area (Å²) in [4.78, 5) is 0. The summed E-state index contributed by atoms with van der Waals surface area (Å²) in [5.74, 6) is 0.601. The molecule has 0 spiro atoms. The molecule has 0 bridgehead atoms. The van der Waals surface area contributed by atoms with Gasteiger partial charge in [0.2, 0.25) is 0 Å². The van der Waals surface area contributed by atoms with E-state index < -0.39 is 0 Å². The Morgan fingerprint density at radius 3 is 1.92 bits per heavy atom. The van der Waals surface area contributed by atoms with Crippen LogP contribution in [0, 0.1) is 0 Å². The maximum atomic E-state index is 6.12.